The molecule has 1 N–H and O–H groups in total. The lowest BCUT2D eigenvalue weighted by Crippen LogP contribution is -2.23. The average Bonchev–Trinajstić information content (AvgIpc) is 2.89. The Bertz CT molecular complexity index is 538. The smallest absolute Gasteiger partial charge is 0.0661 e. The largest absolute Gasteiger partial charge is 0.349 e. The van der Waals surface area contributed by atoms with E-state index in [1.165, 1.54) is 35.9 Å². The quantitative estimate of drug-likeness (QED) is 0.864. The lowest BCUT2D eigenvalue weighted by atomic mass is 10.0. The molecule has 1 saturated heterocycles. The molecule has 90 valence electrons. The lowest BCUT2D eigenvalue weighted by Gasteiger charge is -2.10. The van der Waals surface area contributed by atoms with Crippen LogP contribution in [0.2, 0.25) is 5.02 Å². The van der Waals surface area contributed by atoms with Crippen LogP contribution in [0.3, 0.4) is 0 Å². The van der Waals surface area contributed by atoms with Crippen LogP contribution >= 0.6 is 11.6 Å². The first-order valence-electron chi connectivity index (χ1n) is 6.21. The summed E-state index contributed by atoms with van der Waals surface area (Å²) >= 11 is 6.23. The summed E-state index contributed by atoms with van der Waals surface area (Å²) in [6.45, 7) is 1.17. The first kappa shape index (κ1) is 11.1. The molecule has 3 rings (SSSR count). The molecule has 0 spiro atoms. The molecule has 1 aliphatic heterocycles. The Hall–Kier alpha value is -0.990. The molecule has 1 unspecified atom stereocenters. The van der Waals surface area contributed by atoms with Gasteiger partial charge in [0.05, 0.1) is 5.02 Å². The van der Waals surface area contributed by atoms with Crippen molar-refractivity contribution in [1.29, 1.82) is 0 Å². The zero-order chi connectivity index (χ0) is 11.8. The molecule has 2 nitrogen and oxygen atoms in total. The van der Waals surface area contributed by atoms with Crippen molar-refractivity contribution in [2.75, 3.05) is 6.54 Å². The summed E-state index contributed by atoms with van der Waals surface area (Å²) in [5, 5.41) is 5.56. The van der Waals surface area contributed by atoms with Crippen LogP contribution in [0.5, 0.6) is 0 Å². The van der Waals surface area contributed by atoms with Gasteiger partial charge in [-0.15, -0.1) is 0 Å². The fourth-order valence-corrected chi connectivity index (χ4v) is 3.03. The van der Waals surface area contributed by atoms with E-state index >= 15 is 0 Å². The number of rotatable bonds is 2. The Morgan fingerprint density at radius 1 is 1.47 bits per heavy atom. The third-order valence-electron chi connectivity index (χ3n) is 3.65. The van der Waals surface area contributed by atoms with Crippen molar-refractivity contribution in [2.24, 2.45) is 7.05 Å². The minimum Gasteiger partial charge on any atom is -0.349 e. The van der Waals surface area contributed by atoms with Gasteiger partial charge in [-0.05, 0) is 43.5 Å². The van der Waals surface area contributed by atoms with Gasteiger partial charge in [0.2, 0.25) is 0 Å². The predicted molar refractivity (Wildman–Crippen MR) is 72.7 cm³/mol. The molecule has 1 fully saturated rings. The number of benzene rings is 1. The van der Waals surface area contributed by atoms with Crippen molar-refractivity contribution >= 4 is 22.5 Å². The maximum Gasteiger partial charge on any atom is 0.0661 e. The Morgan fingerprint density at radius 2 is 2.35 bits per heavy atom. The standard InChI is InChI=1S/C14H17ClN2/c1-17-9-13(15)12-8-10(4-5-14(12)17)7-11-3-2-6-16-11/h4-5,8-9,11,16H,2-3,6-7H2,1H3. The van der Waals surface area contributed by atoms with E-state index in [1.807, 2.05) is 13.2 Å². The molecule has 0 radical (unpaired) electrons. The van der Waals surface area contributed by atoms with Gasteiger partial charge in [-0.2, -0.15) is 0 Å². The molecule has 0 saturated carbocycles. The monoisotopic (exact) mass is 248 g/mol. The molecule has 0 amide bonds. The van der Waals surface area contributed by atoms with Crippen molar-refractivity contribution in [3.63, 3.8) is 0 Å². The van der Waals surface area contributed by atoms with Gasteiger partial charge in [-0.1, -0.05) is 17.7 Å². The van der Waals surface area contributed by atoms with Gasteiger partial charge in [0.15, 0.2) is 0 Å². The number of hydrogen-bond acceptors (Lipinski definition) is 1. The summed E-state index contributed by atoms with van der Waals surface area (Å²) in [7, 11) is 2.03. The summed E-state index contributed by atoms with van der Waals surface area (Å²) in [6, 6.07) is 7.27. The minimum absolute atomic E-state index is 0.648. The van der Waals surface area contributed by atoms with Crippen LogP contribution in [-0.4, -0.2) is 17.2 Å². The topological polar surface area (TPSA) is 17.0 Å². The van der Waals surface area contributed by atoms with E-state index in [0.29, 0.717) is 6.04 Å². The van der Waals surface area contributed by atoms with Gasteiger partial charge >= 0.3 is 0 Å². The molecule has 2 aromatic rings. The maximum atomic E-state index is 6.23. The molecule has 17 heavy (non-hydrogen) atoms. The lowest BCUT2D eigenvalue weighted by molar-refractivity contribution is 0.603. The van der Waals surface area contributed by atoms with Crippen molar-refractivity contribution in [3.8, 4) is 0 Å². The molecule has 0 aliphatic carbocycles. The van der Waals surface area contributed by atoms with Crippen LogP contribution in [0.15, 0.2) is 24.4 Å². The van der Waals surface area contributed by atoms with Gasteiger partial charge in [0, 0.05) is 30.2 Å². The highest BCUT2D eigenvalue weighted by Crippen LogP contribution is 2.26. The number of aryl methyl sites for hydroxylation is 1. The second-order valence-corrected chi connectivity index (χ2v) is 5.34. The third kappa shape index (κ3) is 2.07. The zero-order valence-corrected chi connectivity index (χ0v) is 10.8. The molecule has 1 atom stereocenters. The van der Waals surface area contributed by atoms with E-state index in [9.17, 15) is 0 Å². The van der Waals surface area contributed by atoms with Gasteiger partial charge in [-0.25, -0.2) is 0 Å². The van der Waals surface area contributed by atoms with E-state index in [1.54, 1.807) is 0 Å². The van der Waals surface area contributed by atoms with Gasteiger partial charge in [0.1, 0.15) is 0 Å². The maximum absolute atomic E-state index is 6.23. The molecule has 2 heterocycles. The van der Waals surface area contributed by atoms with Crippen LogP contribution in [0.1, 0.15) is 18.4 Å². The van der Waals surface area contributed by atoms with E-state index in [0.717, 1.165) is 11.4 Å². The van der Waals surface area contributed by atoms with E-state index in [2.05, 4.69) is 28.1 Å². The van der Waals surface area contributed by atoms with Gasteiger partial charge in [0.25, 0.3) is 0 Å². The summed E-state index contributed by atoms with van der Waals surface area (Å²) < 4.78 is 2.08. The first-order valence-corrected chi connectivity index (χ1v) is 6.58. The molecule has 3 heteroatoms. The number of nitrogens with zero attached hydrogens (tertiary/aromatic N) is 1. The van der Waals surface area contributed by atoms with Crippen LogP contribution in [0.25, 0.3) is 10.9 Å². The van der Waals surface area contributed by atoms with Crippen LogP contribution in [0, 0.1) is 0 Å². The summed E-state index contributed by atoms with van der Waals surface area (Å²) in [5.74, 6) is 0. The highest BCUT2D eigenvalue weighted by Gasteiger charge is 2.15. The van der Waals surface area contributed by atoms with Gasteiger partial charge < -0.3 is 9.88 Å². The fourth-order valence-electron chi connectivity index (χ4n) is 2.73. The number of nitrogens with one attached hydrogen (secondary N) is 1. The predicted octanol–water partition coefficient (Wildman–Crippen LogP) is 3.13. The zero-order valence-electron chi connectivity index (χ0n) is 10.0. The normalized spacial score (nSPS) is 20.2. The molecule has 1 aromatic carbocycles. The van der Waals surface area contributed by atoms with Gasteiger partial charge in [-0.3, -0.25) is 0 Å². The number of fused-ring (bicyclic) bond motifs is 1. The SMILES string of the molecule is Cn1cc(Cl)c2cc(CC3CCCN3)ccc21. The minimum atomic E-state index is 0.648. The first-order chi connectivity index (χ1) is 8.24. The van der Waals surface area contributed by atoms with Crippen molar-refractivity contribution in [1.82, 2.24) is 9.88 Å². The van der Waals surface area contributed by atoms with Crippen LogP contribution < -0.4 is 5.32 Å². The molecular weight excluding hydrogens is 232 g/mol. The van der Waals surface area contributed by atoms with Crippen LogP contribution in [-0.2, 0) is 13.5 Å². The second kappa shape index (κ2) is 4.35. The van der Waals surface area contributed by atoms with E-state index in [-0.39, 0.29) is 0 Å². The van der Waals surface area contributed by atoms with Crippen molar-refractivity contribution in [2.45, 2.75) is 25.3 Å². The fraction of sp³-hybridized carbons (Fsp3) is 0.429. The molecule has 1 aliphatic rings. The average molecular weight is 249 g/mol. The molecule has 1 aromatic heterocycles. The highest BCUT2D eigenvalue weighted by atomic mass is 35.5. The Balaban J connectivity index is 1.92. The van der Waals surface area contributed by atoms with Crippen LogP contribution in [0.4, 0.5) is 0 Å². The summed E-state index contributed by atoms with van der Waals surface area (Å²) in [6.07, 6.45) is 5.69. The number of halogens is 1. The Morgan fingerprint density at radius 3 is 3.12 bits per heavy atom. The second-order valence-electron chi connectivity index (χ2n) is 4.94. The van der Waals surface area contributed by atoms with Crippen molar-refractivity contribution in [3.05, 3.63) is 35.0 Å². The summed E-state index contributed by atoms with van der Waals surface area (Å²) in [5.41, 5.74) is 2.59. The van der Waals surface area contributed by atoms with Crippen molar-refractivity contribution < 1.29 is 0 Å². The Kier molecular flexibility index (Phi) is 2.85. The molecular formula is C14H17ClN2. The van der Waals surface area contributed by atoms with E-state index in [4.69, 9.17) is 11.6 Å². The summed E-state index contributed by atoms with van der Waals surface area (Å²) in [4.78, 5) is 0. The van der Waals surface area contributed by atoms with E-state index < -0.39 is 0 Å². The number of hydrogen-bond donors (Lipinski definition) is 1. The number of aromatic nitrogens is 1. The molecule has 0 bridgehead atoms. The highest BCUT2D eigenvalue weighted by molar-refractivity contribution is 6.35. The Labute approximate surface area is 107 Å². The third-order valence-corrected chi connectivity index (χ3v) is 3.95.